The Bertz CT molecular complexity index is 469. The highest BCUT2D eigenvalue weighted by atomic mass is 32.1. The Morgan fingerprint density at radius 2 is 1.96 bits per heavy atom. The van der Waals surface area contributed by atoms with Crippen LogP contribution in [0.4, 0.5) is 0 Å². The third kappa shape index (κ3) is 7.37. The molecule has 0 unspecified atom stereocenters. The van der Waals surface area contributed by atoms with E-state index in [1.54, 1.807) is 6.26 Å². The van der Waals surface area contributed by atoms with Crippen LogP contribution in [0.1, 0.15) is 64.1 Å². The van der Waals surface area contributed by atoms with E-state index in [1.807, 2.05) is 12.1 Å². The summed E-state index contributed by atoms with van der Waals surface area (Å²) in [4.78, 5) is 4.74. The van der Waals surface area contributed by atoms with E-state index in [2.05, 4.69) is 29.1 Å². The lowest BCUT2D eigenvalue weighted by Gasteiger charge is -2.38. The second-order valence-electron chi connectivity index (χ2n) is 7.24. The zero-order valence-corrected chi connectivity index (χ0v) is 16.8. The lowest BCUT2D eigenvalue weighted by atomic mass is 10.0. The molecular formula is C20H35N3OS. The third-order valence-corrected chi connectivity index (χ3v) is 5.48. The zero-order valence-electron chi connectivity index (χ0n) is 16.0. The van der Waals surface area contributed by atoms with Crippen molar-refractivity contribution in [3.63, 3.8) is 0 Å². The molecule has 0 aliphatic carbocycles. The van der Waals surface area contributed by atoms with Crippen molar-refractivity contribution in [3.8, 4) is 0 Å². The van der Waals surface area contributed by atoms with Gasteiger partial charge in [-0.3, -0.25) is 0 Å². The quantitative estimate of drug-likeness (QED) is 0.490. The first kappa shape index (κ1) is 20.2. The maximum Gasteiger partial charge on any atom is 0.169 e. The van der Waals surface area contributed by atoms with E-state index >= 15 is 0 Å². The summed E-state index contributed by atoms with van der Waals surface area (Å²) in [6.45, 7) is 6.28. The SMILES string of the molecule is CCCCCCCCNC(=S)N(Cc1ccco1)C1CCN(C)CC1. The van der Waals surface area contributed by atoms with Gasteiger partial charge in [0, 0.05) is 12.6 Å². The first-order chi connectivity index (χ1) is 12.2. The molecule has 25 heavy (non-hydrogen) atoms. The third-order valence-electron chi connectivity index (χ3n) is 5.10. The van der Waals surface area contributed by atoms with E-state index in [0.717, 1.165) is 49.9 Å². The van der Waals surface area contributed by atoms with Crippen LogP contribution < -0.4 is 5.32 Å². The second-order valence-corrected chi connectivity index (χ2v) is 7.63. The first-order valence-corrected chi connectivity index (χ1v) is 10.4. The van der Waals surface area contributed by atoms with E-state index in [1.165, 1.54) is 38.5 Å². The van der Waals surface area contributed by atoms with Crippen molar-refractivity contribution in [2.75, 3.05) is 26.7 Å². The minimum atomic E-state index is 0.505. The number of furan rings is 1. The van der Waals surface area contributed by atoms with Gasteiger partial charge in [0.25, 0.3) is 0 Å². The van der Waals surface area contributed by atoms with Crippen molar-refractivity contribution < 1.29 is 4.42 Å². The predicted molar refractivity (Wildman–Crippen MR) is 109 cm³/mol. The smallest absolute Gasteiger partial charge is 0.169 e. The van der Waals surface area contributed by atoms with Gasteiger partial charge < -0.3 is 19.5 Å². The minimum absolute atomic E-state index is 0.505. The molecule has 0 bridgehead atoms. The first-order valence-electron chi connectivity index (χ1n) is 9.96. The van der Waals surface area contributed by atoms with E-state index in [0.29, 0.717) is 6.04 Å². The summed E-state index contributed by atoms with van der Waals surface area (Å²) in [6.07, 6.45) is 11.9. The molecule has 1 aliphatic rings. The topological polar surface area (TPSA) is 31.6 Å². The van der Waals surface area contributed by atoms with Crippen molar-refractivity contribution in [2.24, 2.45) is 0 Å². The minimum Gasteiger partial charge on any atom is -0.467 e. The average Bonchev–Trinajstić information content (AvgIpc) is 3.13. The fraction of sp³-hybridized carbons (Fsp3) is 0.750. The number of nitrogens with zero attached hydrogens (tertiary/aromatic N) is 2. The molecule has 2 rings (SSSR count). The Kier molecular flexibility index (Phi) is 9.33. The standard InChI is InChI=1S/C20H35N3OS/c1-3-4-5-6-7-8-13-21-20(25)23(17-19-10-9-16-24-19)18-11-14-22(2)15-12-18/h9-10,16,18H,3-8,11-15,17H2,1-2H3,(H,21,25). The molecule has 1 aromatic rings. The van der Waals surface area contributed by atoms with Gasteiger partial charge in [0.05, 0.1) is 12.8 Å². The summed E-state index contributed by atoms with van der Waals surface area (Å²) in [5.41, 5.74) is 0. The Hall–Kier alpha value is -1.07. The molecule has 142 valence electrons. The summed E-state index contributed by atoms with van der Waals surface area (Å²) in [5, 5.41) is 4.39. The van der Waals surface area contributed by atoms with Crippen molar-refractivity contribution in [2.45, 2.75) is 70.9 Å². The van der Waals surface area contributed by atoms with Gasteiger partial charge >= 0.3 is 0 Å². The van der Waals surface area contributed by atoms with Crippen molar-refractivity contribution >= 4 is 17.3 Å². The summed E-state index contributed by atoms with van der Waals surface area (Å²) in [7, 11) is 2.20. The van der Waals surface area contributed by atoms with Crippen LogP contribution in [-0.2, 0) is 6.54 Å². The molecule has 0 aromatic carbocycles. The summed E-state index contributed by atoms with van der Waals surface area (Å²) in [5.74, 6) is 0.989. The van der Waals surface area contributed by atoms with Crippen molar-refractivity contribution in [1.29, 1.82) is 0 Å². The van der Waals surface area contributed by atoms with Gasteiger partial charge in [-0.2, -0.15) is 0 Å². The highest BCUT2D eigenvalue weighted by molar-refractivity contribution is 7.80. The van der Waals surface area contributed by atoms with Crippen LogP contribution in [0.5, 0.6) is 0 Å². The van der Waals surface area contributed by atoms with Gasteiger partial charge in [0.2, 0.25) is 0 Å². The Balaban J connectivity index is 1.78. The van der Waals surface area contributed by atoms with Crippen molar-refractivity contribution in [1.82, 2.24) is 15.1 Å². The molecule has 0 spiro atoms. The number of hydrogen-bond acceptors (Lipinski definition) is 3. The molecule has 0 radical (unpaired) electrons. The van der Waals surface area contributed by atoms with E-state index in [4.69, 9.17) is 16.6 Å². The highest BCUT2D eigenvalue weighted by Crippen LogP contribution is 2.19. The number of rotatable bonds is 10. The van der Waals surface area contributed by atoms with Crippen LogP contribution in [0.25, 0.3) is 0 Å². The van der Waals surface area contributed by atoms with Crippen LogP contribution in [0.3, 0.4) is 0 Å². The molecule has 0 atom stereocenters. The number of likely N-dealkylation sites (tertiary alicyclic amines) is 1. The summed E-state index contributed by atoms with van der Waals surface area (Å²) >= 11 is 5.74. The molecule has 1 aromatic heterocycles. The van der Waals surface area contributed by atoms with Crippen LogP contribution in [0.2, 0.25) is 0 Å². The Morgan fingerprint density at radius 1 is 1.24 bits per heavy atom. The monoisotopic (exact) mass is 365 g/mol. The number of hydrogen-bond donors (Lipinski definition) is 1. The Morgan fingerprint density at radius 3 is 2.64 bits per heavy atom. The normalized spacial score (nSPS) is 16.1. The molecule has 1 saturated heterocycles. The van der Waals surface area contributed by atoms with Crippen LogP contribution >= 0.6 is 12.2 Å². The van der Waals surface area contributed by atoms with Crippen LogP contribution in [0.15, 0.2) is 22.8 Å². The number of thiocarbonyl (C=S) groups is 1. The average molecular weight is 366 g/mol. The predicted octanol–water partition coefficient (Wildman–Crippen LogP) is 4.41. The van der Waals surface area contributed by atoms with Crippen LogP contribution in [0, 0.1) is 0 Å². The van der Waals surface area contributed by atoms with Gasteiger partial charge in [-0.15, -0.1) is 0 Å². The number of nitrogens with one attached hydrogen (secondary N) is 1. The fourth-order valence-corrected chi connectivity index (χ4v) is 3.76. The molecule has 5 heteroatoms. The van der Waals surface area contributed by atoms with Gasteiger partial charge in [-0.05, 0) is 63.8 Å². The van der Waals surface area contributed by atoms with E-state index in [-0.39, 0.29) is 0 Å². The van der Waals surface area contributed by atoms with Gasteiger partial charge in [-0.1, -0.05) is 39.0 Å². The summed E-state index contributed by atoms with van der Waals surface area (Å²) < 4.78 is 5.57. The molecule has 1 aliphatic heterocycles. The lowest BCUT2D eigenvalue weighted by molar-refractivity contribution is 0.165. The largest absolute Gasteiger partial charge is 0.467 e. The number of unbranched alkanes of at least 4 members (excludes halogenated alkanes) is 5. The maximum absolute atomic E-state index is 5.74. The van der Waals surface area contributed by atoms with Gasteiger partial charge in [0.15, 0.2) is 5.11 Å². The van der Waals surface area contributed by atoms with Gasteiger partial charge in [-0.25, -0.2) is 0 Å². The second kappa shape index (κ2) is 11.5. The molecule has 2 heterocycles. The van der Waals surface area contributed by atoms with Gasteiger partial charge in [0.1, 0.15) is 5.76 Å². The zero-order chi connectivity index (χ0) is 17.9. The van der Waals surface area contributed by atoms with Crippen LogP contribution in [-0.4, -0.2) is 47.6 Å². The van der Waals surface area contributed by atoms with E-state index in [9.17, 15) is 0 Å². The lowest BCUT2D eigenvalue weighted by Crippen LogP contribution is -2.49. The molecule has 1 N–H and O–H groups in total. The molecule has 0 saturated carbocycles. The molecule has 0 amide bonds. The maximum atomic E-state index is 5.74. The van der Waals surface area contributed by atoms with Crippen molar-refractivity contribution in [3.05, 3.63) is 24.2 Å². The Labute approximate surface area is 158 Å². The molecule has 1 fully saturated rings. The van der Waals surface area contributed by atoms with E-state index < -0.39 is 0 Å². The fourth-order valence-electron chi connectivity index (χ4n) is 3.45. The molecule has 4 nitrogen and oxygen atoms in total. The number of piperidine rings is 1. The molecular weight excluding hydrogens is 330 g/mol. The summed E-state index contributed by atoms with van der Waals surface area (Å²) in [6, 6.07) is 4.50. The highest BCUT2D eigenvalue weighted by Gasteiger charge is 2.25.